The highest BCUT2D eigenvalue weighted by Crippen LogP contribution is 2.09. The van der Waals surface area contributed by atoms with Crippen molar-refractivity contribution in [1.29, 1.82) is 0 Å². The van der Waals surface area contributed by atoms with Gasteiger partial charge in [-0.1, -0.05) is 26.7 Å². The van der Waals surface area contributed by atoms with Crippen molar-refractivity contribution in [2.45, 2.75) is 52.0 Å². The smallest absolute Gasteiger partial charge is 0.00440 e. The molecule has 0 aromatic heterocycles. The molecule has 12 heavy (non-hydrogen) atoms. The molecule has 1 unspecified atom stereocenters. The first-order valence-corrected chi connectivity index (χ1v) is 6.30. The molecule has 0 radical (unpaired) electrons. The van der Waals surface area contributed by atoms with Crippen molar-refractivity contribution in [3.8, 4) is 0 Å². The number of thioether (sulfide) groups is 1. The third-order valence-electron chi connectivity index (χ3n) is 2.05. The van der Waals surface area contributed by atoms with Crippen LogP contribution in [-0.4, -0.2) is 17.5 Å². The van der Waals surface area contributed by atoms with Gasteiger partial charge in [-0.15, -0.1) is 0 Å². The lowest BCUT2D eigenvalue weighted by atomic mass is 10.2. The fourth-order valence-corrected chi connectivity index (χ4v) is 2.08. The zero-order valence-corrected chi connectivity index (χ0v) is 9.33. The highest BCUT2D eigenvalue weighted by atomic mass is 32.2. The Labute approximate surface area is 81.5 Å². The normalized spacial score (nSPS) is 13.2. The van der Waals surface area contributed by atoms with E-state index < -0.39 is 0 Å². The van der Waals surface area contributed by atoms with E-state index in [1.54, 1.807) is 0 Å². The first kappa shape index (κ1) is 12.3. The standard InChI is InChI=1S/C10H23NS/c1-3-5-6-8-12-9-7-10(11)4-2/h10H,3-9,11H2,1-2H3. The van der Waals surface area contributed by atoms with Crippen molar-refractivity contribution in [2.75, 3.05) is 11.5 Å². The van der Waals surface area contributed by atoms with E-state index >= 15 is 0 Å². The highest BCUT2D eigenvalue weighted by Gasteiger charge is 1.97. The molecule has 0 aliphatic rings. The van der Waals surface area contributed by atoms with Crippen LogP contribution in [-0.2, 0) is 0 Å². The van der Waals surface area contributed by atoms with Crippen LogP contribution in [0.4, 0.5) is 0 Å². The predicted molar refractivity (Wildman–Crippen MR) is 59.7 cm³/mol. The van der Waals surface area contributed by atoms with Crippen LogP contribution < -0.4 is 5.73 Å². The summed E-state index contributed by atoms with van der Waals surface area (Å²) in [4.78, 5) is 0. The molecule has 0 amide bonds. The average molecular weight is 189 g/mol. The minimum absolute atomic E-state index is 0.434. The lowest BCUT2D eigenvalue weighted by molar-refractivity contribution is 0.634. The average Bonchev–Trinajstić information content (AvgIpc) is 2.10. The Hall–Kier alpha value is 0.310. The predicted octanol–water partition coefficient (Wildman–Crippen LogP) is 3.04. The van der Waals surface area contributed by atoms with Gasteiger partial charge in [-0.2, -0.15) is 11.8 Å². The fraction of sp³-hybridized carbons (Fsp3) is 1.00. The van der Waals surface area contributed by atoms with Crippen LogP contribution in [0, 0.1) is 0 Å². The molecule has 0 rings (SSSR count). The second-order valence-corrected chi connectivity index (χ2v) is 4.50. The molecule has 0 heterocycles. The lowest BCUT2D eigenvalue weighted by Gasteiger charge is -2.07. The van der Waals surface area contributed by atoms with E-state index in [1.165, 1.54) is 37.2 Å². The van der Waals surface area contributed by atoms with Crippen LogP contribution in [0.3, 0.4) is 0 Å². The van der Waals surface area contributed by atoms with E-state index in [-0.39, 0.29) is 0 Å². The summed E-state index contributed by atoms with van der Waals surface area (Å²) in [6.45, 7) is 4.41. The van der Waals surface area contributed by atoms with E-state index in [1.807, 2.05) is 0 Å². The quantitative estimate of drug-likeness (QED) is 0.594. The van der Waals surface area contributed by atoms with E-state index in [2.05, 4.69) is 25.6 Å². The summed E-state index contributed by atoms with van der Waals surface area (Å²) in [5.74, 6) is 2.57. The molecule has 0 bridgehead atoms. The fourth-order valence-electron chi connectivity index (χ4n) is 0.995. The van der Waals surface area contributed by atoms with Gasteiger partial charge in [-0.05, 0) is 30.8 Å². The summed E-state index contributed by atoms with van der Waals surface area (Å²) in [6, 6.07) is 0.434. The highest BCUT2D eigenvalue weighted by molar-refractivity contribution is 7.99. The van der Waals surface area contributed by atoms with Crippen LogP contribution in [0.15, 0.2) is 0 Å². The molecule has 0 saturated carbocycles. The van der Waals surface area contributed by atoms with E-state index in [9.17, 15) is 0 Å². The van der Waals surface area contributed by atoms with Gasteiger partial charge in [0.2, 0.25) is 0 Å². The molecule has 0 fully saturated rings. The molecular formula is C10H23NS. The summed E-state index contributed by atoms with van der Waals surface area (Å²) in [5, 5.41) is 0. The van der Waals surface area contributed by atoms with Crippen molar-refractivity contribution < 1.29 is 0 Å². The zero-order valence-electron chi connectivity index (χ0n) is 8.51. The van der Waals surface area contributed by atoms with Gasteiger partial charge in [-0.3, -0.25) is 0 Å². The number of rotatable bonds is 8. The molecule has 0 aromatic rings. The summed E-state index contributed by atoms with van der Waals surface area (Å²) >= 11 is 2.06. The summed E-state index contributed by atoms with van der Waals surface area (Å²) < 4.78 is 0. The van der Waals surface area contributed by atoms with Gasteiger partial charge in [-0.25, -0.2) is 0 Å². The van der Waals surface area contributed by atoms with E-state index in [4.69, 9.17) is 5.73 Å². The molecule has 1 atom stereocenters. The number of unbranched alkanes of at least 4 members (excludes halogenated alkanes) is 2. The van der Waals surface area contributed by atoms with E-state index in [0.717, 1.165) is 6.42 Å². The van der Waals surface area contributed by atoms with Crippen molar-refractivity contribution >= 4 is 11.8 Å². The SMILES string of the molecule is CCCCCSCCC(N)CC. The van der Waals surface area contributed by atoms with Crippen molar-refractivity contribution in [2.24, 2.45) is 5.73 Å². The third-order valence-corrected chi connectivity index (χ3v) is 3.15. The minimum Gasteiger partial charge on any atom is -0.328 e. The summed E-state index contributed by atoms with van der Waals surface area (Å²) in [6.07, 6.45) is 6.40. The first-order chi connectivity index (χ1) is 5.81. The van der Waals surface area contributed by atoms with Crippen molar-refractivity contribution in [3.63, 3.8) is 0 Å². The Morgan fingerprint density at radius 3 is 2.50 bits per heavy atom. The molecule has 2 heteroatoms. The summed E-state index contributed by atoms with van der Waals surface area (Å²) in [5.41, 5.74) is 5.80. The molecule has 0 spiro atoms. The van der Waals surface area contributed by atoms with Crippen LogP contribution in [0.25, 0.3) is 0 Å². The van der Waals surface area contributed by atoms with Crippen molar-refractivity contribution in [3.05, 3.63) is 0 Å². The monoisotopic (exact) mass is 189 g/mol. The van der Waals surface area contributed by atoms with Crippen LogP contribution in [0.5, 0.6) is 0 Å². The first-order valence-electron chi connectivity index (χ1n) is 5.14. The number of nitrogens with two attached hydrogens (primary N) is 1. The zero-order chi connectivity index (χ0) is 9.23. The Kier molecular flexibility index (Phi) is 9.64. The Morgan fingerprint density at radius 1 is 1.17 bits per heavy atom. The molecule has 0 saturated heterocycles. The molecular weight excluding hydrogens is 166 g/mol. The maximum atomic E-state index is 5.80. The number of hydrogen-bond acceptors (Lipinski definition) is 2. The van der Waals surface area contributed by atoms with Gasteiger partial charge < -0.3 is 5.73 Å². The van der Waals surface area contributed by atoms with Gasteiger partial charge in [0, 0.05) is 6.04 Å². The lowest BCUT2D eigenvalue weighted by Crippen LogP contribution is -2.19. The van der Waals surface area contributed by atoms with Crippen molar-refractivity contribution in [1.82, 2.24) is 0 Å². The van der Waals surface area contributed by atoms with E-state index in [0.29, 0.717) is 6.04 Å². The minimum atomic E-state index is 0.434. The van der Waals surface area contributed by atoms with Crippen LogP contribution in [0.2, 0.25) is 0 Å². The Balaban J connectivity index is 2.90. The molecule has 2 N–H and O–H groups in total. The van der Waals surface area contributed by atoms with Gasteiger partial charge >= 0.3 is 0 Å². The van der Waals surface area contributed by atoms with Crippen LogP contribution in [0.1, 0.15) is 46.0 Å². The molecule has 0 aliphatic carbocycles. The molecule has 0 aliphatic heterocycles. The Bertz CT molecular complexity index is 85.9. The van der Waals surface area contributed by atoms with Gasteiger partial charge in [0.05, 0.1) is 0 Å². The van der Waals surface area contributed by atoms with Gasteiger partial charge in [0.15, 0.2) is 0 Å². The van der Waals surface area contributed by atoms with Gasteiger partial charge in [0.1, 0.15) is 0 Å². The summed E-state index contributed by atoms with van der Waals surface area (Å²) in [7, 11) is 0. The van der Waals surface area contributed by atoms with Crippen LogP contribution >= 0.6 is 11.8 Å². The molecule has 1 nitrogen and oxygen atoms in total. The largest absolute Gasteiger partial charge is 0.328 e. The maximum absolute atomic E-state index is 5.80. The molecule has 0 aromatic carbocycles. The Morgan fingerprint density at radius 2 is 1.92 bits per heavy atom. The second kappa shape index (κ2) is 9.40. The maximum Gasteiger partial charge on any atom is 0.00440 e. The van der Waals surface area contributed by atoms with Gasteiger partial charge in [0.25, 0.3) is 0 Å². The molecule has 74 valence electrons. The number of hydrogen-bond donors (Lipinski definition) is 1. The topological polar surface area (TPSA) is 26.0 Å². The third kappa shape index (κ3) is 8.41. The second-order valence-electron chi connectivity index (χ2n) is 3.28.